The van der Waals surface area contributed by atoms with Gasteiger partial charge in [0.05, 0.1) is 6.10 Å². The summed E-state index contributed by atoms with van der Waals surface area (Å²) in [5, 5.41) is 9.72. The summed E-state index contributed by atoms with van der Waals surface area (Å²) >= 11 is 5.62. The fourth-order valence-corrected chi connectivity index (χ4v) is 1.41. The van der Waals surface area contributed by atoms with Crippen molar-refractivity contribution >= 4 is 11.6 Å². The zero-order valence-electron chi connectivity index (χ0n) is 8.13. The molecule has 0 heterocycles. The lowest BCUT2D eigenvalue weighted by molar-refractivity contribution is 0.160. The summed E-state index contributed by atoms with van der Waals surface area (Å²) in [5.74, 6) is -0.291. The molecule has 0 amide bonds. The van der Waals surface area contributed by atoms with Gasteiger partial charge in [-0.05, 0) is 37.0 Å². The van der Waals surface area contributed by atoms with Crippen LogP contribution in [-0.4, -0.2) is 11.2 Å². The van der Waals surface area contributed by atoms with Crippen LogP contribution in [0, 0.1) is 5.82 Å². The van der Waals surface area contributed by atoms with Crippen molar-refractivity contribution in [2.24, 2.45) is 0 Å². The molecule has 1 rings (SSSR count). The minimum Gasteiger partial charge on any atom is -0.393 e. The largest absolute Gasteiger partial charge is 0.393 e. The minimum atomic E-state index is -0.343. The van der Waals surface area contributed by atoms with Crippen LogP contribution in [0.4, 0.5) is 4.39 Å². The Labute approximate surface area is 88.5 Å². The molecule has 1 aromatic rings. The van der Waals surface area contributed by atoms with Crippen molar-refractivity contribution in [1.82, 2.24) is 0 Å². The first-order valence-corrected chi connectivity index (χ1v) is 5.13. The first-order chi connectivity index (χ1) is 6.63. The molecular formula is C11H14ClFO. The molecule has 0 bridgehead atoms. The summed E-state index contributed by atoms with van der Waals surface area (Å²) in [6.45, 7) is 1.91. The summed E-state index contributed by atoms with van der Waals surface area (Å²) in [4.78, 5) is 0. The van der Waals surface area contributed by atoms with Crippen LogP contribution in [0.25, 0.3) is 0 Å². The molecule has 78 valence electrons. The number of hydrogen-bond donors (Lipinski definition) is 1. The predicted octanol–water partition coefficient (Wildman–Crippen LogP) is 3.18. The summed E-state index contributed by atoms with van der Waals surface area (Å²) in [6.07, 6.45) is 1.51. The third-order valence-corrected chi connectivity index (χ3v) is 2.47. The lowest BCUT2D eigenvalue weighted by Gasteiger charge is -2.07. The van der Waals surface area contributed by atoms with E-state index in [1.807, 2.05) is 6.92 Å². The molecule has 0 saturated heterocycles. The smallest absolute Gasteiger partial charge is 0.127 e. The second-order valence-corrected chi connectivity index (χ2v) is 3.77. The van der Waals surface area contributed by atoms with E-state index < -0.39 is 0 Å². The van der Waals surface area contributed by atoms with E-state index >= 15 is 0 Å². The number of benzene rings is 1. The van der Waals surface area contributed by atoms with Gasteiger partial charge >= 0.3 is 0 Å². The zero-order chi connectivity index (χ0) is 10.6. The highest BCUT2D eigenvalue weighted by atomic mass is 35.5. The lowest BCUT2D eigenvalue weighted by Crippen LogP contribution is -2.06. The van der Waals surface area contributed by atoms with Gasteiger partial charge in [0.15, 0.2) is 0 Å². The van der Waals surface area contributed by atoms with E-state index in [-0.39, 0.29) is 11.9 Å². The maximum absolute atomic E-state index is 13.2. The van der Waals surface area contributed by atoms with Gasteiger partial charge in [0.1, 0.15) is 5.82 Å². The predicted molar refractivity (Wildman–Crippen MR) is 56.0 cm³/mol. The summed E-state index contributed by atoms with van der Waals surface area (Å²) in [7, 11) is 0. The van der Waals surface area contributed by atoms with E-state index in [0.29, 0.717) is 29.8 Å². The Morgan fingerprint density at radius 3 is 2.79 bits per heavy atom. The lowest BCUT2D eigenvalue weighted by atomic mass is 10.1. The van der Waals surface area contributed by atoms with Crippen LogP contribution < -0.4 is 0 Å². The molecule has 0 radical (unpaired) electrons. The summed E-state index contributed by atoms with van der Waals surface area (Å²) in [6, 6.07) is 4.63. The molecule has 0 spiro atoms. The van der Waals surface area contributed by atoms with Crippen LogP contribution in [0.3, 0.4) is 0 Å². The maximum atomic E-state index is 13.2. The Kier molecular flexibility index (Phi) is 4.36. The van der Waals surface area contributed by atoms with Gasteiger partial charge in [-0.25, -0.2) is 4.39 Å². The molecule has 0 saturated carbocycles. The molecule has 1 unspecified atom stereocenters. The number of aliphatic hydroxyl groups excluding tert-OH is 1. The fourth-order valence-electron chi connectivity index (χ4n) is 1.25. The molecule has 1 aromatic carbocycles. The number of halogens is 2. The molecule has 0 aromatic heterocycles. The first-order valence-electron chi connectivity index (χ1n) is 4.75. The molecule has 1 nitrogen and oxygen atoms in total. The molecule has 14 heavy (non-hydrogen) atoms. The van der Waals surface area contributed by atoms with Crippen molar-refractivity contribution in [2.75, 3.05) is 0 Å². The van der Waals surface area contributed by atoms with Crippen molar-refractivity contribution < 1.29 is 9.50 Å². The number of rotatable bonds is 4. The normalized spacial score (nSPS) is 12.9. The highest BCUT2D eigenvalue weighted by molar-refractivity contribution is 6.30. The zero-order valence-corrected chi connectivity index (χ0v) is 8.89. The van der Waals surface area contributed by atoms with Crippen LogP contribution in [0.15, 0.2) is 18.2 Å². The van der Waals surface area contributed by atoms with Gasteiger partial charge in [-0.3, -0.25) is 0 Å². The van der Waals surface area contributed by atoms with Crippen molar-refractivity contribution in [3.63, 3.8) is 0 Å². The van der Waals surface area contributed by atoms with E-state index in [9.17, 15) is 9.50 Å². The summed E-state index contributed by atoms with van der Waals surface area (Å²) < 4.78 is 13.2. The van der Waals surface area contributed by atoms with Gasteiger partial charge in [-0.1, -0.05) is 24.6 Å². The number of aliphatic hydroxyl groups is 1. The molecule has 1 atom stereocenters. The maximum Gasteiger partial charge on any atom is 0.127 e. The Balaban J connectivity index is 2.59. The van der Waals surface area contributed by atoms with Gasteiger partial charge in [-0.2, -0.15) is 0 Å². The van der Waals surface area contributed by atoms with Crippen molar-refractivity contribution in [3.05, 3.63) is 34.6 Å². The molecular weight excluding hydrogens is 203 g/mol. The van der Waals surface area contributed by atoms with E-state index in [1.165, 1.54) is 6.07 Å². The van der Waals surface area contributed by atoms with Crippen LogP contribution in [0.5, 0.6) is 0 Å². The van der Waals surface area contributed by atoms with Gasteiger partial charge in [-0.15, -0.1) is 0 Å². The topological polar surface area (TPSA) is 20.2 Å². The van der Waals surface area contributed by atoms with E-state index in [2.05, 4.69) is 0 Å². The van der Waals surface area contributed by atoms with Crippen molar-refractivity contribution in [1.29, 1.82) is 0 Å². The van der Waals surface area contributed by atoms with Crippen molar-refractivity contribution in [3.8, 4) is 0 Å². The van der Waals surface area contributed by atoms with E-state index in [0.717, 1.165) is 0 Å². The minimum absolute atomic E-state index is 0.291. The highest BCUT2D eigenvalue weighted by Crippen LogP contribution is 2.16. The SMILES string of the molecule is CCC(O)CCc1ccc(Cl)cc1F. The second kappa shape index (κ2) is 5.32. The molecule has 3 heteroatoms. The Morgan fingerprint density at radius 2 is 2.21 bits per heavy atom. The van der Waals surface area contributed by atoms with Gasteiger partial charge in [0.25, 0.3) is 0 Å². The molecule has 1 N–H and O–H groups in total. The fraction of sp³-hybridized carbons (Fsp3) is 0.455. The monoisotopic (exact) mass is 216 g/mol. The number of hydrogen-bond acceptors (Lipinski definition) is 1. The van der Waals surface area contributed by atoms with Crippen LogP contribution >= 0.6 is 11.6 Å². The van der Waals surface area contributed by atoms with E-state index in [1.54, 1.807) is 12.1 Å². The quantitative estimate of drug-likeness (QED) is 0.820. The third kappa shape index (κ3) is 3.28. The Hall–Kier alpha value is -0.600. The van der Waals surface area contributed by atoms with Crippen molar-refractivity contribution in [2.45, 2.75) is 32.3 Å². The molecule has 0 aliphatic heterocycles. The first kappa shape index (κ1) is 11.5. The average molecular weight is 217 g/mol. The standard InChI is InChI=1S/C11H14ClFO/c1-2-10(14)6-4-8-3-5-9(12)7-11(8)13/h3,5,7,10,14H,2,4,6H2,1H3. The number of aryl methyl sites for hydroxylation is 1. The second-order valence-electron chi connectivity index (χ2n) is 3.34. The van der Waals surface area contributed by atoms with Crippen LogP contribution in [0.2, 0.25) is 5.02 Å². The van der Waals surface area contributed by atoms with Crippen LogP contribution in [-0.2, 0) is 6.42 Å². The van der Waals surface area contributed by atoms with E-state index in [4.69, 9.17) is 11.6 Å². The molecule has 0 aliphatic carbocycles. The summed E-state index contributed by atoms with van der Waals surface area (Å²) in [5.41, 5.74) is 0.613. The highest BCUT2D eigenvalue weighted by Gasteiger charge is 2.06. The van der Waals surface area contributed by atoms with Gasteiger partial charge < -0.3 is 5.11 Å². The Bertz CT molecular complexity index is 301. The van der Waals surface area contributed by atoms with Crippen LogP contribution in [0.1, 0.15) is 25.3 Å². The van der Waals surface area contributed by atoms with Gasteiger partial charge in [0, 0.05) is 5.02 Å². The molecule has 0 aliphatic rings. The Morgan fingerprint density at radius 1 is 1.50 bits per heavy atom. The third-order valence-electron chi connectivity index (χ3n) is 2.23. The van der Waals surface area contributed by atoms with Gasteiger partial charge in [0.2, 0.25) is 0 Å². The average Bonchev–Trinajstić information content (AvgIpc) is 2.16. The molecule has 0 fully saturated rings.